The molecule has 1 aromatic carbocycles. The number of benzene rings is 1. The van der Waals surface area contributed by atoms with E-state index in [0.717, 1.165) is 19.6 Å². The Morgan fingerprint density at radius 1 is 1.29 bits per heavy atom. The standard InChI is InChI=1S/C15H22N2/c1-15(6-2-7-15)17-10-12-3-4-13-5-8-16-11-14(13)9-12/h3-4,9,16-17H,2,5-8,10-11H2,1H3. The minimum atomic E-state index is 0.411. The first-order valence-corrected chi connectivity index (χ1v) is 6.82. The molecule has 2 aliphatic rings. The normalized spacial score (nSPS) is 21.7. The summed E-state index contributed by atoms with van der Waals surface area (Å²) in [5.74, 6) is 0. The summed E-state index contributed by atoms with van der Waals surface area (Å²) < 4.78 is 0. The summed E-state index contributed by atoms with van der Waals surface area (Å²) in [5.41, 5.74) is 4.87. The van der Waals surface area contributed by atoms with Gasteiger partial charge in [-0.05, 0) is 55.8 Å². The van der Waals surface area contributed by atoms with Gasteiger partial charge < -0.3 is 10.6 Å². The Labute approximate surface area is 104 Å². The molecule has 92 valence electrons. The van der Waals surface area contributed by atoms with Crippen molar-refractivity contribution in [2.75, 3.05) is 6.54 Å². The van der Waals surface area contributed by atoms with Gasteiger partial charge in [0.2, 0.25) is 0 Å². The van der Waals surface area contributed by atoms with Gasteiger partial charge in [0.25, 0.3) is 0 Å². The van der Waals surface area contributed by atoms with Crippen molar-refractivity contribution in [2.24, 2.45) is 0 Å². The lowest BCUT2D eigenvalue weighted by molar-refractivity contribution is 0.207. The first-order valence-electron chi connectivity index (χ1n) is 6.82. The van der Waals surface area contributed by atoms with Crippen molar-refractivity contribution in [2.45, 2.75) is 51.2 Å². The lowest BCUT2D eigenvalue weighted by atomic mass is 9.78. The zero-order valence-corrected chi connectivity index (χ0v) is 10.7. The molecule has 17 heavy (non-hydrogen) atoms. The fourth-order valence-corrected chi connectivity index (χ4v) is 2.84. The Morgan fingerprint density at radius 2 is 2.18 bits per heavy atom. The first kappa shape index (κ1) is 11.2. The number of nitrogens with one attached hydrogen (secondary N) is 2. The fourth-order valence-electron chi connectivity index (χ4n) is 2.84. The molecule has 1 aromatic rings. The molecule has 1 heterocycles. The van der Waals surface area contributed by atoms with Crippen molar-refractivity contribution in [1.82, 2.24) is 10.6 Å². The second kappa shape index (κ2) is 4.43. The molecule has 1 aliphatic heterocycles. The molecule has 0 unspecified atom stereocenters. The zero-order valence-electron chi connectivity index (χ0n) is 10.7. The Morgan fingerprint density at radius 3 is 2.94 bits per heavy atom. The molecule has 0 spiro atoms. The van der Waals surface area contributed by atoms with Gasteiger partial charge >= 0.3 is 0 Å². The Kier molecular flexibility index (Phi) is 2.93. The minimum Gasteiger partial charge on any atom is -0.312 e. The molecule has 0 atom stereocenters. The fraction of sp³-hybridized carbons (Fsp3) is 0.600. The van der Waals surface area contributed by atoms with E-state index in [1.807, 2.05) is 0 Å². The van der Waals surface area contributed by atoms with Crippen LogP contribution in [0.3, 0.4) is 0 Å². The van der Waals surface area contributed by atoms with Gasteiger partial charge in [-0.2, -0.15) is 0 Å². The second-order valence-electron chi connectivity index (χ2n) is 5.80. The molecule has 1 fully saturated rings. The Hall–Kier alpha value is -0.860. The first-order chi connectivity index (χ1) is 8.25. The Balaban J connectivity index is 1.67. The lowest BCUT2D eigenvalue weighted by Gasteiger charge is -2.39. The van der Waals surface area contributed by atoms with E-state index >= 15 is 0 Å². The SMILES string of the molecule is CC1(NCc2ccc3c(c2)CNCC3)CCC1. The van der Waals surface area contributed by atoms with E-state index in [9.17, 15) is 0 Å². The summed E-state index contributed by atoms with van der Waals surface area (Å²) in [6, 6.07) is 6.98. The number of hydrogen-bond acceptors (Lipinski definition) is 2. The average molecular weight is 230 g/mol. The van der Waals surface area contributed by atoms with E-state index in [1.165, 1.54) is 42.4 Å². The number of hydrogen-bond donors (Lipinski definition) is 2. The zero-order chi connectivity index (χ0) is 11.7. The highest BCUT2D eigenvalue weighted by molar-refractivity contribution is 5.33. The van der Waals surface area contributed by atoms with Crippen LogP contribution in [0.25, 0.3) is 0 Å². The smallest absolute Gasteiger partial charge is 0.0210 e. The quantitative estimate of drug-likeness (QED) is 0.833. The third kappa shape index (κ3) is 2.38. The highest BCUT2D eigenvalue weighted by atomic mass is 15.0. The third-order valence-electron chi connectivity index (χ3n) is 4.33. The van der Waals surface area contributed by atoms with Gasteiger partial charge in [0, 0.05) is 18.6 Å². The van der Waals surface area contributed by atoms with E-state index < -0.39 is 0 Å². The van der Waals surface area contributed by atoms with Crippen LogP contribution < -0.4 is 10.6 Å². The summed E-state index contributed by atoms with van der Waals surface area (Å²) in [4.78, 5) is 0. The molecule has 0 radical (unpaired) electrons. The van der Waals surface area contributed by atoms with Crippen molar-refractivity contribution < 1.29 is 0 Å². The van der Waals surface area contributed by atoms with Gasteiger partial charge in [-0.15, -0.1) is 0 Å². The van der Waals surface area contributed by atoms with E-state index in [0.29, 0.717) is 5.54 Å². The highest BCUT2D eigenvalue weighted by Gasteiger charge is 2.30. The molecule has 3 rings (SSSR count). The van der Waals surface area contributed by atoms with Crippen LogP contribution in [-0.4, -0.2) is 12.1 Å². The van der Waals surface area contributed by atoms with Gasteiger partial charge in [0.1, 0.15) is 0 Å². The van der Waals surface area contributed by atoms with Crippen LogP contribution in [0.2, 0.25) is 0 Å². The van der Waals surface area contributed by atoms with Crippen LogP contribution >= 0.6 is 0 Å². The molecule has 1 saturated carbocycles. The van der Waals surface area contributed by atoms with Crippen LogP contribution in [0, 0.1) is 0 Å². The van der Waals surface area contributed by atoms with Crippen molar-refractivity contribution >= 4 is 0 Å². The van der Waals surface area contributed by atoms with Crippen molar-refractivity contribution in [3.8, 4) is 0 Å². The molecule has 2 nitrogen and oxygen atoms in total. The average Bonchev–Trinajstić information content (AvgIpc) is 2.34. The lowest BCUT2D eigenvalue weighted by Crippen LogP contribution is -2.47. The molecular weight excluding hydrogens is 208 g/mol. The van der Waals surface area contributed by atoms with Gasteiger partial charge in [0.05, 0.1) is 0 Å². The molecule has 0 amide bonds. The molecular formula is C15H22N2. The van der Waals surface area contributed by atoms with Gasteiger partial charge in [-0.3, -0.25) is 0 Å². The highest BCUT2D eigenvalue weighted by Crippen LogP contribution is 2.31. The summed E-state index contributed by atoms with van der Waals surface area (Å²) in [7, 11) is 0. The molecule has 0 bridgehead atoms. The maximum absolute atomic E-state index is 3.70. The predicted molar refractivity (Wildman–Crippen MR) is 70.9 cm³/mol. The number of fused-ring (bicyclic) bond motifs is 1. The Bertz CT molecular complexity index is 407. The van der Waals surface area contributed by atoms with E-state index in [4.69, 9.17) is 0 Å². The summed E-state index contributed by atoms with van der Waals surface area (Å²) in [5, 5.41) is 7.14. The summed E-state index contributed by atoms with van der Waals surface area (Å²) in [6.07, 6.45) is 5.23. The monoisotopic (exact) mass is 230 g/mol. The van der Waals surface area contributed by atoms with E-state index in [-0.39, 0.29) is 0 Å². The summed E-state index contributed by atoms with van der Waals surface area (Å²) >= 11 is 0. The molecule has 2 N–H and O–H groups in total. The third-order valence-corrected chi connectivity index (χ3v) is 4.33. The van der Waals surface area contributed by atoms with Crippen molar-refractivity contribution in [3.63, 3.8) is 0 Å². The number of rotatable bonds is 3. The maximum Gasteiger partial charge on any atom is 0.0210 e. The second-order valence-corrected chi connectivity index (χ2v) is 5.80. The van der Waals surface area contributed by atoms with Crippen molar-refractivity contribution in [3.05, 3.63) is 34.9 Å². The van der Waals surface area contributed by atoms with Crippen LogP contribution in [0.15, 0.2) is 18.2 Å². The van der Waals surface area contributed by atoms with Crippen LogP contribution in [-0.2, 0) is 19.5 Å². The molecule has 1 aliphatic carbocycles. The minimum absolute atomic E-state index is 0.411. The van der Waals surface area contributed by atoms with E-state index in [2.05, 4.69) is 35.8 Å². The van der Waals surface area contributed by atoms with Gasteiger partial charge in [-0.25, -0.2) is 0 Å². The van der Waals surface area contributed by atoms with Crippen LogP contribution in [0.4, 0.5) is 0 Å². The van der Waals surface area contributed by atoms with Gasteiger partial charge in [-0.1, -0.05) is 18.2 Å². The van der Waals surface area contributed by atoms with Crippen LogP contribution in [0.1, 0.15) is 42.9 Å². The van der Waals surface area contributed by atoms with Crippen LogP contribution in [0.5, 0.6) is 0 Å². The van der Waals surface area contributed by atoms with Crippen molar-refractivity contribution in [1.29, 1.82) is 0 Å². The molecule has 2 heteroatoms. The summed E-state index contributed by atoms with van der Waals surface area (Å²) in [6.45, 7) is 5.53. The largest absolute Gasteiger partial charge is 0.312 e. The molecule has 0 saturated heterocycles. The van der Waals surface area contributed by atoms with E-state index in [1.54, 1.807) is 0 Å². The van der Waals surface area contributed by atoms with Gasteiger partial charge in [0.15, 0.2) is 0 Å². The molecule has 0 aromatic heterocycles. The predicted octanol–water partition coefficient (Wildman–Crippen LogP) is 2.36. The maximum atomic E-state index is 3.70. The topological polar surface area (TPSA) is 24.1 Å².